The van der Waals surface area contributed by atoms with E-state index < -0.39 is 0 Å². The molecule has 6 heteroatoms. The number of H-pyrrole nitrogens is 1. The van der Waals surface area contributed by atoms with Gasteiger partial charge >= 0.3 is 0 Å². The van der Waals surface area contributed by atoms with Crippen molar-refractivity contribution in [1.82, 2.24) is 20.1 Å². The molecule has 0 radical (unpaired) electrons. The average molecular weight is 336 g/mol. The molecule has 1 aliphatic heterocycles. The number of aromatic amines is 1. The van der Waals surface area contributed by atoms with Gasteiger partial charge in [-0.2, -0.15) is 5.10 Å². The first-order chi connectivity index (χ1) is 12.2. The Morgan fingerprint density at radius 1 is 1.20 bits per heavy atom. The Labute approximate surface area is 144 Å². The van der Waals surface area contributed by atoms with Crippen LogP contribution >= 0.6 is 0 Å². The number of carbonyl (C=O) groups is 1. The Bertz CT molecular complexity index is 876. The van der Waals surface area contributed by atoms with Crippen molar-refractivity contribution >= 4 is 5.91 Å². The molecule has 25 heavy (non-hydrogen) atoms. The van der Waals surface area contributed by atoms with E-state index in [0.717, 1.165) is 29.7 Å². The lowest BCUT2D eigenvalue weighted by Gasteiger charge is -2.24. The van der Waals surface area contributed by atoms with Crippen LogP contribution in [-0.4, -0.2) is 32.5 Å². The van der Waals surface area contributed by atoms with Gasteiger partial charge in [-0.15, -0.1) is 0 Å². The summed E-state index contributed by atoms with van der Waals surface area (Å²) in [5, 5.41) is 7.20. The number of benzene rings is 1. The van der Waals surface area contributed by atoms with E-state index in [9.17, 15) is 9.18 Å². The molecule has 1 fully saturated rings. The van der Waals surface area contributed by atoms with E-state index in [-0.39, 0.29) is 17.8 Å². The second-order valence-electron chi connectivity index (χ2n) is 6.08. The number of amides is 1. The molecule has 0 bridgehead atoms. The summed E-state index contributed by atoms with van der Waals surface area (Å²) in [6, 6.07) is 11.6. The van der Waals surface area contributed by atoms with E-state index in [1.54, 1.807) is 36.7 Å². The van der Waals surface area contributed by atoms with Gasteiger partial charge < -0.3 is 4.90 Å². The average Bonchev–Trinajstić information content (AvgIpc) is 3.31. The van der Waals surface area contributed by atoms with Gasteiger partial charge in [-0.3, -0.25) is 14.9 Å². The monoisotopic (exact) mass is 336 g/mol. The summed E-state index contributed by atoms with van der Waals surface area (Å²) >= 11 is 0. The molecular weight excluding hydrogens is 319 g/mol. The van der Waals surface area contributed by atoms with Crippen molar-refractivity contribution in [2.45, 2.75) is 18.9 Å². The molecule has 1 aromatic carbocycles. The van der Waals surface area contributed by atoms with Crippen LogP contribution in [-0.2, 0) is 0 Å². The molecule has 1 N–H and O–H groups in total. The third-order valence-electron chi connectivity index (χ3n) is 4.55. The summed E-state index contributed by atoms with van der Waals surface area (Å²) < 4.78 is 13.2. The van der Waals surface area contributed by atoms with Crippen LogP contribution in [0.5, 0.6) is 0 Å². The Morgan fingerprint density at radius 2 is 2.04 bits per heavy atom. The fourth-order valence-electron chi connectivity index (χ4n) is 3.36. The van der Waals surface area contributed by atoms with Crippen molar-refractivity contribution in [3.8, 4) is 11.1 Å². The summed E-state index contributed by atoms with van der Waals surface area (Å²) in [7, 11) is 0. The highest BCUT2D eigenvalue weighted by atomic mass is 19.1. The first kappa shape index (κ1) is 15.5. The van der Waals surface area contributed by atoms with E-state index in [4.69, 9.17) is 0 Å². The molecule has 3 heterocycles. The van der Waals surface area contributed by atoms with Gasteiger partial charge in [0.15, 0.2) is 0 Å². The highest BCUT2D eigenvalue weighted by molar-refractivity contribution is 5.92. The van der Waals surface area contributed by atoms with Crippen LogP contribution in [0.4, 0.5) is 4.39 Å². The van der Waals surface area contributed by atoms with E-state index in [0.29, 0.717) is 12.2 Å². The lowest BCUT2D eigenvalue weighted by Crippen LogP contribution is -2.31. The van der Waals surface area contributed by atoms with Gasteiger partial charge in [-0.1, -0.05) is 18.2 Å². The number of hydrogen-bond donors (Lipinski definition) is 1. The number of nitrogens with one attached hydrogen (secondary N) is 1. The molecule has 4 rings (SSSR count). The largest absolute Gasteiger partial charge is 0.329 e. The minimum absolute atomic E-state index is 0.0808. The molecule has 126 valence electrons. The van der Waals surface area contributed by atoms with Crippen LogP contribution in [0.1, 0.15) is 35.1 Å². The number of aromatic nitrogens is 3. The molecular formula is C19H17FN4O. The van der Waals surface area contributed by atoms with E-state index in [1.807, 2.05) is 11.0 Å². The number of halogens is 1. The molecule has 1 unspecified atom stereocenters. The molecule has 1 aliphatic rings. The maximum absolute atomic E-state index is 13.2. The second-order valence-corrected chi connectivity index (χ2v) is 6.08. The van der Waals surface area contributed by atoms with Crippen LogP contribution in [0.15, 0.2) is 54.9 Å². The number of likely N-dealkylation sites (tertiary alicyclic amines) is 1. The quantitative estimate of drug-likeness (QED) is 0.795. The predicted octanol–water partition coefficient (Wildman–Crippen LogP) is 3.59. The van der Waals surface area contributed by atoms with Gasteiger partial charge in [0.2, 0.25) is 0 Å². The molecule has 2 aromatic heterocycles. The minimum Gasteiger partial charge on any atom is -0.329 e. The van der Waals surface area contributed by atoms with Crippen molar-refractivity contribution < 1.29 is 9.18 Å². The molecule has 1 amide bonds. The summed E-state index contributed by atoms with van der Waals surface area (Å²) in [6.07, 6.45) is 5.13. The molecule has 0 saturated carbocycles. The molecule has 0 aliphatic carbocycles. The van der Waals surface area contributed by atoms with Gasteiger partial charge in [-0.05, 0) is 42.7 Å². The third kappa shape index (κ3) is 2.91. The van der Waals surface area contributed by atoms with Crippen LogP contribution in [0.2, 0.25) is 0 Å². The minimum atomic E-state index is -0.276. The van der Waals surface area contributed by atoms with Crippen molar-refractivity contribution in [3.63, 3.8) is 0 Å². The molecule has 1 atom stereocenters. The first-order valence-corrected chi connectivity index (χ1v) is 8.25. The Balaban J connectivity index is 1.67. The third-order valence-corrected chi connectivity index (χ3v) is 4.55. The van der Waals surface area contributed by atoms with Gasteiger partial charge in [0.05, 0.1) is 17.9 Å². The summed E-state index contributed by atoms with van der Waals surface area (Å²) in [6.45, 7) is 0.682. The number of carbonyl (C=O) groups excluding carboxylic acids is 1. The molecule has 1 saturated heterocycles. The number of rotatable bonds is 3. The zero-order chi connectivity index (χ0) is 17.2. The van der Waals surface area contributed by atoms with Crippen LogP contribution in [0.3, 0.4) is 0 Å². The number of nitrogens with zero attached hydrogens (tertiary/aromatic N) is 3. The summed E-state index contributed by atoms with van der Waals surface area (Å²) in [5.41, 5.74) is 3.10. The SMILES string of the molecule is O=C(c1ccccn1)N1CCCC1c1[nH]ncc1-c1ccc(F)cc1. The summed E-state index contributed by atoms with van der Waals surface area (Å²) in [5.74, 6) is -0.357. The normalized spacial score (nSPS) is 17.0. The smallest absolute Gasteiger partial charge is 0.273 e. The summed E-state index contributed by atoms with van der Waals surface area (Å²) in [4.78, 5) is 18.8. The lowest BCUT2D eigenvalue weighted by atomic mass is 10.0. The van der Waals surface area contributed by atoms with E-state index in [2.05, 4.69) is 15.2 Å². The van der Waals surface area contributed by atoms with E-state index >= 15 is 0 Å². The zero-order valence-corrected chi connectivity index (χ0v) is 13.5. The Hall–Kier alpha value is -3.02. The van der Waals surface area contributed by atoms with Crippen molar-refractivity contribution in [2.24, 2.45) is 0 Å². The standard InChI is InChI=1S/C19H17FN4O/c20-14-8-6-13(7-9-14)15-12-22-23-18(15)17-5-3-11-24(17)19(25)16-4-1-2-10-21-16/h1-2,4,6-10,12,17H,3,5,11H2,(H,22,23). The van der Waals surface area contributed by atoms with E-state index in [1.165, 1.54) is 12.1 Å². The van der Waals surface area contributed by atoms with Crippen molar-refractivity contribution in [3.05, 3.63) is 72.1 Å². The van der Waals surface area contributed by atoms with Gasteiger partial charge in [0.25, 0.3) is 5.91 Å². The fourth-order valence-corrected chi connectivity index (χ4v) is 3.36. The topological polar surface area (TPSA) is 61.9 Å². The Morgan fingerprint density at radius 3 is 2.80 bits per heavy atom. The van der Waals surface area contributed by atoms with Crippen LogP contribution in [0.25, 0.3) is 11.1 Å². The highest BCUT2D eigenvalue weighted by Gasteiger charge is 2.33. The second kappa shape index (κ2) is 6.47. The number of pyridine rings is 1. The fraction of sp³-hybridized carbons (Fsp3) is 0.211. The maximum atomic E-state index is 13.2. The van der Waals surface area contributed by atoms with Crippen LogP contribution < -0.4 is 0 Å². The highest BCUT2D eigenvalue weighted by Crippen LogP contribution is 2.37. The van der Waals surface area contributed by atoms with Gasteiger partial charge in [0, 0.05) is 18.3 Å². The zero-order valence-electron chi connectivity index (χ0n) is 13.5. The van der Waals surface area contributed by atoms with Crippen LogP contribution in [0, 0.1) is 5.82 Å². The molecule has 3 aromatic rings. The van der Waals surface area contributed by atoms with Gasteiger partial charge in [0.1, 0.15) is 11.5 Å². The lowest BCUT2D eigenvalue weighted by molar-refractivity contribution is 0.0727. The number of hydrogen-bond acceptors (Lipinski definition) is 3. The first-order valence-electron chi connectivity index (χ1n) is 8.25. The van der Waals surface area contributed by atoms with Crippen molar-refractivity contribution in [1.29, 1.82) is 0 Å². The Kier molecular flexibility index (Phi) is 4.01. The molecule has 5 nitrogen and oxygen atoms in total. The predicted molar refractivity (Wildman–Crippen MR) is 91.2 cm³/mol. The van der Waals surface area contributed by atoms with Crippen molar-refractivity contribution in [2.75, 3.05) is 6.54 Å². The molecule has 0 spiro atoms. The van der Waals surface area contributed by atoms with Gasteiger partial charge in [-0.25, -0.2) is 4.39 Å². The maximum Gasteiger partial charge on any atom is 0.273 e.